The number of rotatable bonds is 4. The summed E-state index contributed by atoms with van der Waals surface area (Å²) in [5, 5.41) is 0.435. The Kier molecular flexibility index (Phi) is 4.47. The molecule has 1 unspecified atom stereocenters. The first kappa shape index (κ1) is 13.6. The van der Waals surface area contributed by atoms with E-state index in [9.17, 15) is 8.60 Å². The molecule has 0 saturated carbocycles. The smallest absolute Gasteiger partial charge is 0.123 e. The summed E-state index contributed by atoms with van der Waals surface area (Å²) in [6, 6.07) is 4.06. The Balaban J connectivity index is 2.73. The number of halogens is 2. The molecular weight excluding hydrogens is 249 g/mol. The fourth-order valence-corrected chi connectivity index (χ4v) is 3.07. The quantitative estimate of drug-likeness (QED) is 0.907. The van der Waals surface area contributed by atoms with Crippen molar-refractivity contribution < 1.29 is 8.60 Å². The highest BCUT2D eigenvalue weighted by molar-refractivity contribution is 7.84. The molecule has 1 rings (SSSR count). The van der Waals surface area contributed by atoms with Crippen LogP contribution in [0.4, 0.5) is 4.39 Å². The maximum atomic E-state index is 13.0. The molecule has 16 heavy (non-hydrogen) atoms. The number of nitrogens with two attached hydrogens (primary N) is 1. The van der Waals surface area contributed by atoms with Crippen LogP contribution in [0, 0.1) is 5.82 Å². The predicted molar refractivity (Wildman–Crippen MR) is 66.4 cm³/mol. The van der Waals surface area contributed by atoms with Crippen molar-refractivity contribution in [3.63, 3.8) is 0 Å². The van der Waals surface area contributed by atoms with Crippen molar-refractivity contribution >= 4 is 22.4 Å². The first-order valence-corrected chi connectivity index (χ1v) is 6.72. The van der Waals surface area contributed by atoms with Gasteiger partial charge in [-0.25, -0.2) is 4.39 Å². The molecule has 0 spiro atoms. The Morgan fingerprint density at radius 1 is 1.50 bits per heavy atom. The molecule has 90 valence electrons. The maximum absolute atomic E-state index is 13.0. The van der Waals surface area contributed by atoms with E-state index >= 15 is 0 Å². The van der Waals surface area contributed by atoms with Gasteiger partial charge in [0.05, 0.1) is 5.75 Å². The van der Waals surface area contributed by atoms with E-state index in [-0.39, 0.29) is 11.6 Å². The van der Waals surface area contributed by atoms with Gasteiger partial charge in [-0.3, -0.25) is 4.21 Å². The minimum atomic E-state index is -1.14. The first-order valence-electron chi connectivity index (χ1n) is 4.86. The van der Waals surface area contributed by atoms with Gasteiger partial charge >= 0.3 is 0 Å². The van der Waals surface area contributed by atoms with Crippen LogP contribution in [0.25, 0.3) is 0 Å². The molecule has 1 atom stereocenters. The second-order valence-corrected chi connectivity index (χ2v) is 6.32. The van der Waals surface area contributed by atoms with Gasteiger partial charge in [0, 0.05) is 27.1 Å². The van der Waals surface area contributed by atoms with Crippen LogP contribution in [-0.2, 0) is 16.6 Å². The topological polar surface area (TPSA) is 43.1 Å². The fraction of sp³-hybridized carbons (Fsp3) is 0.455. The molecule has 0 heterocycles. The minimum absolute atomic E-state index is 0.233. The molecule has 0 radical (unpaired) electrons. The van der Waals surface area contributed by atoms with E-state index in [1.165, 1.54) is 18.2 Å². The summed E-state index contributed by atoms with van der Waals surface area (Å²) in [6.07, 6.45) is 0. The highest BCUT2D eigenvalue weighted by Gasteiger charge is 2.16. The highest BCUT2D eigenvalue weighted by atomic mass is 35.5. The number of hydrogen-bond donors (Lipinski definition) is 1. The molecule has 0 aromatic heterocycles. The van der Waals surface area contributed by atoms with Crippen molar-refractivity contribution in [1.82, 2.24) is 0 Å². The molecular formula is C11H15ClFNOS. The van der Waals surface area contributed by atoms with Crippen molar-refractivity contribution in [2.24, 2.45) is 5.73 Å². The van der Waals surface area contributed by atoms with Crippen LogP contribution in [0.3, 0.4) is 0 Å². The van der Waals surface area contributed by atoms with Crippen LogP contribution in [0.1, 0.15) is 19.4 Å². The average Bonchev–Trinajstić information content (AvgIpc) is 2.08. The van der Waals surface area contributed by atoms with Crippen LogP contribution in [-0.4, -0.2) is 15.5 Å². The largest absolute Gasteiger partial charge is 0.325 e. The average molecular weight is 264 g/mol. The molecule has 0 aliphatic heterocycles. The van der Waals surface area contributed by atoms with Gasteiger partial charge in [-0.1, -0.05) is 11.6 Å². The molecule has 0 aliphatic rings. The Hall–Kier alpha value is -0.450. The van der Waals surface area contributed by atoms with Crippen LogP contribution in [0.5, 0.6) is 0 Å². The lowest BCUT2D eigenvalue weighted by Gasteiger charge is -2.17. The van der Waals surface area contributed by atoms with Crippen LogP contribution >= 0.6 is 11.6 Å². The van der Waals surface area contributed by atoms with Gasteiger partial charge < -0.3 is 5.73 Å². The van der Waals surface area contributed by atoms with Crippen molar-refractivity contribution in [3.05, 3.63) is 34.6 Å². The minimum Gasteiger partial charge on any atom is -0.325 e. The summed E-state index contributed by atoms with van der Waals surface area (Å²) < 4.78 is 24.7. The van der Waals surface area contributed by atoms with Crippen LogP contribution in [0.15, 0.2) is 18.2 Å². The summed E-state index contributed by atoms with van der Waals surface area (Å²) in [7, 11) is -1.14. The number of hydrogen-bond acceptors (Lipinski definition) is 2. The highest BCUT2D eigenvalue weighted by Crippen LogP contribution is 2.19. The summed E-state index contributed by atoms with van der Waals surface area (Å²) in [4.78, 5) is 0. The zero-order valence-electron chi connectivity index (χ0n) is 9.30. The molecule has 0 bridgehead atoms. The standard InChI is InChI=1S/C11H15ClFNOS/c1-11(2,14)7-16(15)6-8-5-9(13)3-4-10(8)12/h3-5H,6-7,14H2,1-2H3. The first-order chi connectivity index (χ1) is 7.28. The van der Waals surface area contributed by atoms with Gasteiger partial charge in [0.15, 0.2) is 0 Å². The third kappa shape index (κ3) is 4.60. The summed E-state index contributed by atoms with van der Waals surface area (Å²) in [6.45, 7) is 3.61. The van der Waals surface area contributed by atoms with Crippen molar-refractivity contribution in [3.8, 4) is 0 Å². The molecule has 0 saturated heterocycles. The molecule has 1 aromatic carbocycles. The summed E-state index contributed by atoms with van der Waals surface area (Å²) >= 11 is 5.88. The van der Waals surface area contributed by atoms with Crippen LogP contribution in [0.2, 0.25) is 5.02 Å². The number of benzene rings is 1. The van der Waals surface area contributed by atoms with E-state index in [0.29, 0.717) is 16.3 Å². The van der Waals surface area contributed by atoms with Gasteiger partial charge in [-0.2, -0.15) is 0 Å². The van der Waals surface area contributed by atoms with Gasteiger partial charge in [-0.05, 0) is 37.6 Å². The van der Waals surface area contributed by atoms with Gasteiger partial charge in [-0.15, -0.1) is 0 Å². The Morgan fingerprint density at radius 3 is 2.69 bits per heavy atom. The third-order valence-electron chi connectivity index (χ3n) is 1.86. The van der Waals surface area contributed by atoms with E-state index < -0.39 is 16.3 Å². The Morgan fingerprint density at radius 2 is 2.12 bits per heavy atom. The zero-order chi connectivity index (χ0) is 12.3. The second kappa shape index (κ2) is 5.25. The van der Waals surface area contributed by atoms with Gasteiger partial charge in [0.2, 0.25) is 0 Å². The van der Waals surface area contributed by atoms with E-state index in [1.807, 2.05) is 0 Å². The van der Waals surface area contributed by atoms with E-state index in [2.05, 4.69) is 0 Å². The molecule has 0 amide bonds. The Bertz CT molecular complexity index is 403. The lowest BCUT2D eigenvalue weighted by atomic mass is 10.1. The third-order valence-corrected chi connectivity index (χ3v) is 3.92. The van der Waals surface area contributed by atoms with Crippen molar-refractivity contribution in [2.45, 2.75) is 25.1 Å². The van der Waals surface area contributed by atoms with Gasteiger partial charge in [0.1, 0.15) is 5.82 Å². The molecule has 0 fully saturated rings. The maximum Gasteiger partial charge on any atom is 0.123 e. The summed E-state index contributed by atoms with van der Waals surface area (Å²) in [5.41, 5.74) is 5.82. The van der Waals surface area contributed by atoms with E-state index in [0.717, 1.165) is 0 Å². The van der Waals surface area contributed by atoms with Gasteiger partial charge in [0.25, 0.3) is 0 Å². The normalized spacial score (nSPS) is 13.8. The molecule has 0 aliphatic carbocycles. The lowest BCUT2D eigenvalue weighted by molar-refractivity contribution is 0.577. The molecule has 1 aromatic rings. The second-order valence-electron chi connectivity index (χ2n) is 4.45. The SMILES string of the molecule is CC(C)(N)CS(=O)Cc1cc(F)ccc1Cl. The summed E-state index contributed by atoms with van der Waals surface area (Å²) in [5.74, 6) is 0.222. The van der Waals surface area contributed by atoms with Crippen molar-refractivity contribution in [2.75, 3.05) is 5.75 Å². The molecule has 2 N–H and O–H groups in total. The zero-order valence-corrected chi connectivity index (χ0v) is 10.9. The molecule has 2 nitrogen and oxygen atoms in total. The van der Waals surface area contributed by atoms with Crippen LogP contribution < -0.4 is 5.73 Å². The molecule has 5 heteroatoms. The predicted octanol–water partition coefficient (Wildman–Crippen LogP) is 2.47. The van der Waals surface area contributed by atoms with E-state index in [1.54, 1.807) is 13.8 Å². The van der Waals surface area contributed by atoms with Crippen molar-refractivity contribution in [1.29, 1.82) is 0 Å². The monoisotopic (exact) mass is 263 g/mol. The lowest BCUT2D eigenvalue weighted by Crippen LogP contribution is -2.38. The Labute approximate surface area is 102 Å². The van der Waals surface area contributed by atoms with E-state index in [4.69, 9.17) is 17.3 Å². The fourth-order valence-electron chi connectivity index (χ4n) is 1.29.